The Morgan fingerprint density at radius 1 is 1.26 bits per heavy atom. The third-order valence-electron chi connectivity index (χ3n) is 4.49. The van der Waals surface area contributed by atoms with Crippen LogP contribution < -0.4 is 5.32 Å². The molecule has 3 rings (SSSR count). The van der Waals surface area contributed by atoms with Crippen molar-refractivity contribution in [1.82, 2.24) is 19.8 Å². The van der Waals surface area contributed by atoms with Crippen molar-refractivity contribution in [2.24, 2.45) is 5.92 Å². The van der Waals surface area contributed by atoms with Crippen molar-refractivity contribution in [3.8, 4) is 11.5 Å². The summed E-state index contributed by atoms with van der Waals surface area (Å²) in [6.45, 7) is 1.07. The number of amides is 1. The first-order valence-electron chi connectivity index (χ1n) is 8.64. The van der Waals surface area contributed by atoms with E-state index in [2.05, 4.69) is 15.5 Å². The minimum atomic E-state index is -3.20. The number of rotatable bonds is 6. The van der Waals surface area contributed by atoms with E-state index in [0.29, 0.717) is 56.2 Å². The van der Waals surface area contributed by atoms with Crippen molar-refractivity contribution >= 4 is 15.9 Å². The van der Waals surface area contributed by atoms with Gasteiger partial charge in [0.1, 0.15) is 5.82 Å². The molecule has 2 aromatic rings. The Balaban J connectivity index is 1.45. The van der Waals surface area contributed by atoms with E-state index in [1.807, 2.05) is 0 Å². The van der Waals surface area contributed by atoms with E-state index in [1.54, 1.807) is 12.1 Å². The Hall–Kier alpha value is -2.33. The van der Waals surface area contributed by atoms with Gasteiger partial charge in [0.15, 0.2) is 0 Å². The summed E-state index contributed by atoms with van der Waals surface area (Å²) in [5, 5.41) is 10.7. The molecular weight excluding hydrogens is 375 g/mol. The zero-order valence-corrected chi connectivity index (χ0v) is 15.7. The zero-order chi connectivity index (χ0) is 19.4. The summed E-state index contributed by atoms with van der Waals surface area (Å²) in [4.78, 5) is 12.2. The van der Waals surface area contributed by atoms with Gasteiger partial charge in [-0.3, -0.25) is 4.79 Å². The van der Waals surface area contributed by atoms with Crippen molar-refractivity contribution < 1.29 is 22.0 Å². The van der Waals surface area contributed by atoms with Gasteiger partial charge in [0.05, 0.1) is 6.26 Å². The molecule has 1 aliphatic rings. The van der Waals surface area contributed by atoms with Gasteiger partial charge >= 0.3 is 0 Å². The third kappa shape index (κ3) is 5.10. The predicted molar refractivity (Wildman–Crippen MR) is 95.5 cm³/mol. The molecule has 1 fully saturated rings. The van der Waals surface area contributed by atoms with Gasteiger partial charge in [0, 0.05) is 37.5 Å². The van der Waals surface area contributed by atoms with E-state index in [0.717, 1.165) is 0 Å². The molecule has 0 spiro atoms. The lowest BCUT2D eigenvalue weighted by molar-refractivity contribution is -0.126. The van der Waals surface area contributed by atoms with Crippen LogP contribution in [-0.4, -0.2) is 54.7 Å². The molecule has 1 N–H and O–H groups in total. The summed E-state index contributed by atoms with van der Waals surface area (Å²) in [5.41, 5.74) is 0.622. The molecule has 0 aliphatic carbocycles. The number of carbonyl (C=O) groups is 1. The van der Waals surface area contributed by atoms with Crippen LogP contribution in [-0.2, 0) is 21.2 Å². The fraction of sp³-hybridized carbons (Fsp3) is 0.471. The molecule has 1 amide bonds. The minimum Gasteiger partial charge on any atom is -0.421 e. The lowest BCUT2D eigenvalue weighted by Crippen LogP contribution is -2.42. The van der Waals surface area contributed by atoms with Crippen LogP contribution in [0.3, 0.4) is 0 Å². The fourth-order valence-corrected chi connectivity index (χ4v) is 3.82. The normalized spacial score (nSPS) is 16.4. The molecule has 2 heterocycles. The van der Waals surface area contributed by atoms with Crippen molar-refractivity contribution in [3.63, 3.8) is 0 Å². The maximum Gasteiger partial charge on any atom is 0.247 e. The lowest BCUT2D eigenvalue weighted by Gasteiger charge is -2.29. The SMILES string of the molecule is CS(=O)(=O)N1CCC(C(=O)NCCc2nnc(-c3ccc(F)cc3)o2)CC1. The Kier molecular flexibility index (Phi) is 5.85. The van der Waals surface area contributed by atoms with Crippen LogP contribution in [0.15, 0.2) is 28.7 Å². The highest BCUT2D eigenvalue weighted by molar-refractivity contribution is 7.88. The van der Waals surface area contributed by atoms with Gasteiger partial charge in [0.25, 0.3) is 0 Å². The maximum absolute atomic E-state index is 12.9. The summed E-state index contributed by atoms with van der Waals surface area (Å²) in [7, 11) is -3.20. The van der Waals surface area contributed by atoms with E-state index in [1.165, 1.54) is 22.7 Å². The summed E-state index contributed by atoms with van der Waals surface area (Å²) in [6.07, 6.45) is 2.57. The van der Waals surface area contributed by atoms with E-state index in [4.69, 9.17) is 4.42 Å². The largest absolute Gasteiger partial charge is 0.421 e. The van der Waals surface area contributed by atoms with Crippen molar-refractivity contribution in [2.75, 3.05) is 25.9 Å². The topological polar surface area (TPSA) is 105 Å². The summed E-state index contributed by atoms with van der Waals surface area (Å²) >= 11 is 0. The molecule has 0 saturated carbocycles. The molecule has 0 unspecified atom stereocenters. The smallest absolute Gasteiger partial charge is 0.247 e. The summed E-state index contributed by atoms with van der Waals surface area (Å²) in [6, 6.07) is 5.73. The number of hydrogen-bond acceptors (Lipinski definition) is 6. The quantitative estimate of drug-likeness (QED) is 0.787. The fourth-order valence-electron chi connectivity index (χ4n) is 2.95. The number of benzene rings is 1. The molecular formula is C17H21FN4O4S. The Labute approximate surface area is 156 Å². The predicted octanol–water partition coefficient (Wildman–Crippen LogP) is 1.21. The molecule has 10 heteroatoms. The van der Waals surface area contributed by atoms with Crippen LogP contribution in [0.25, 0.3) is 11.5 Å². The Morgan fingerprint density at radius 3 is 2.56 bits per heavy atom. The van der Waals surface area contributed by atoms with Gasteiger partial charge in [-0.2, -0.15) is 0 Å². The summed E-state index contributed by atoms with van der Waals surface area (Å²) in [5.74, 6) is 0.0384. The van der Waals surface area contributed by atoms with Gasteiger partial charge in [-0.25, -0.2) is 17.1 Å². The molecule has 27 heavy (non-hydrogen) atoms. The van der Waals surface area contributed by atoms with Crippen molar-refractivity contribution in [3.05, 3.63) is 36.0 Å². The van der Waals surface area contributed by atoms with Gasteiger partial charge in [-0.15, -0.1) is 10.2 Å². The molecule has 1 saturated heterocycles. The van der Waals surface area contributed by atoms with Crippen LogP contribution in [0.4, 0.5) is 4.39 Å². The number of carbonyl (C=O) groups excluding carboxylic acids is 1. The molecule has 0 atom stereocenters. The van der Waals surface area contributed by atoms with Crippen LogP contribution in [0.2, 0.25) is 0 Å². The van der Waals surface area contributed by atoms with Crippen molar-refractivity contribution in [1.29, 1.82) is 0 Å². The number of halogens is 1. The van der Waals surface area contributed by atoms with Gasteiger partial charge in [-0.1, -0.05) is 0 Å². The maximum atomic E-state index is 12.9. The van der Waals surface area contributed by atoms with Gasteiger partial charge in [0.2, 0.25) is 27.7 Å². The average molecular weight is 396 g/mol. The number of piperidine rings is 1. The van der Waals surface area contributed by atoms with Crippen molar-refractivity contribution in [2.45, 2.75) is 19.3 Å². The highest BCUT2D eigenvalue weighted by atomic mass is 32.2. The molecule has 146 valence electrons. The van der Waals surface area contributed by atoms with Crippen LogP contribution >= 0.6 is 0 Å². The Morgan fingerprint density at radius 2 is 1.93 bits per heavy atom. The number of aromatic nitrogens is 2. The number of nitrogens with one attached hydrogen (secondary N) is 1. The number of sulfonamides is 1. The van der Waals surface area contributed by atoms with Gasteiger partial charge in [-0.05, 0) is 37.1 Å². The first kappa shape index (κ1) is 19.4. The van der Waals surface area contributed by atoms with E-state index >= 15 is 0 Å². The molecule has 1 aliphatic heterocycles. The lowest BCUT2D eigenvalue weighted by atomic mass is 9.97. The van der Waals surface area contributed by atoms with E-state index in [-0.39, 0.29) is 17.6 Å². The Bertz CT molecular complexity index is 890. The van der Waals surface area contributed by atoms with Crippen LogP contribution in [0.5, 0.6) is 0 Å². The first-order chi connectivity index (χ1) is 12.8. The molecule has 1 aromatic carbocycles. The van der Waals surface area contributed by atoms with Crippen LogP contribution in [0, 0.1) is 11.7 Å². The standard InChI is InChI=1S/C17H21FN4O4S/c1-27(24,25)22-10-7-12(8-11-22)16(23)19-9-6-15-20-21-17(26-15)13-2-4-14(18)5-3-13/h2-5,12H,6-11H2,1H3,(H,19,23). The molecule has 8 nitrogen and oxygen atoms in total. The average Bonchev–Trinajstić information content (AvgIpc) is 3.10. The molecule has 0 bridgehead atoms. The van der Waals surface area contributed by atoms with Crippen LogP contribution in [0.1, 0.15) is 18.7 Å². The number of nitrogens with zero attached hydrogens (tertiary/aromatic N) is 3. The van der Waals surface area contributed by atoms with E-state index < -0.39 is 10.0 Å². The van der Waals surface area contributed by atoms with Gasteiger partial charge < -0.3 is 9.73 Å². The molecule has 1 aromatic heterocycles. The minimum absolute atomic E-state index is 0.0959. The highest BCUT2D eigenvalue weighted by Gasteiger charge is 2.28. The summed E-state index contributed by atoms with van der Waals surface area (Å²) < 4.78 is 42.9. The third-order valence-corrected chi connectivity index (χ3v) is 5.79. The highest BCUT2D eigenvalue weighted by Crippen LogP contribution is 2.20. The second kappa shape index (κ2) is 8.13. The monoisotopic (exact) mass is 396 g/mol. The number of hydrogen-bond donors (Lipinski definition) is 1. The second-order valence-corrected chi connectivity index (χ2v) is 8.47. The first-order valence-corrected chi connectivity index (χ1v) is 10.5. The molecule has 0 radical (unpaired) electrons. The van der Waals surface area contributed by atoms with E-state index in [9.17, 15) is 17.6 Å². The second-order valence-electron chi connectivity index (χ2n) is 6.49. The zero-order valence-electron chi connectivity index (χ0n) is 14.9.